The third kappa shape index (κ3) is 3.15. The van der Waals surface area contributed by atoms with E-state index in [0.717, 1.165) is 25.8 Å². The van der Waals surface area contributed by atoms with Gasteiger partial charge in [0, 0.05) is 6.04 Å². The Balaban J connectivity index is 2.46. The molecule has 0 aliphatic carbocycles. The lowest BCUT2D eigenvalue weighted by molar-refractivity contribution is -0.139. The summed E-state index contributed by atoms with van der Waals surface area (Å²) in [6.45, 7) is 1.23. The van der Waals surface area contributed by atoms with Gasteiger partial charge >= 0.3 is 6.18 Å². The van der Waals surface area contributed by atoms with Crippen molar-refractivity contribution in [1.29, 1.82) is 0 Å². The second-order valence-corrected chi connectivity index (χ2v) is 5.50. The molecular formula is C15H21F3N2. The summed E-state index contributed by atoms with van der Waals surface area (Å²) in [6.07, 6.45) is -1.39. The number of halogens is 3. The standard InChI is InChI=1S/C15H21F3N2/c1-20-9-5-4-6-11(10-19)14(20)12-7-2-3-8-13(12)15(16,17)18/h2-3,7-8,11,14H,4-6,9-10,19H2,1H3. The van der Waals surface area contributed by atoms with E-state index in [9.17, 15) is 13.2 Å². The first-order chi connectivity index (χ1) is 9.45. The normalized spacial score (nSPS) is 25.4. The zero-order valence-corrected chi connectivity index (χ0v) is 11.7. The number of rotatable bonds is 2. The molecule has 20 heavy (non-hydrogen) atoms. The molecule has 2 N–H and O–H groups in total. The van der Waals surface area contributed by atoms with Crippen molar-refractivity contribution in [3.8, 4) is 0 Å². The van der Waals surface area contributed by atoms with Crippen molar-refractivity contribution in [3.05, 3.63) is 35.4 Å². The summed E-state index contributed by atoms with van der Waals surface area (Å²) in [4.78, 5) is 2.02. The summed E-state index contributed by atoms with van der Waals surface area (Å²) in [7, 11) is 1.89. The van der Waals surface area contributed by atoms with Crippen molar-refractivity contribution in [2.75, 3.05) is 20.1 Å². The van der Waals surface area contributed by atoms with Gasteiger partial charge in [0.2, 0.25) is 0 Å². The van der Waals surface area contributed by atoms with Crippen LogP contribution in [0.4, 0.5) is 13.2 Å². The Bertz CT molecular complexity index is 445. The number of likely N-dealkylation sites (tertiary alicyclic amines) is 1. The molecule has 5 heteroatoms. The van der Waals surface area contributed by atoms with E-state index >= 15 is 0 Å². The maximum atomic E-state index is 13.2. The minimum absolute atomic E-state index is 0.0750. The predicted octanol–water partition coefficient (Wildman–Crippen LogP) is 3.44. The molecule has 1 saturated heterocycles. The quantitative estimate of drug-likeness (QED) is 0.902. The van der Waals surface area contributed by atoms with Crippen LogP contribution in [-0.4, -0.2) is 25.0 Å². The van der Waals surface area contributed by atoms with E-state index in [1.807, 2.05) is 11.9 Å². The Morgan fingerprint density at radius 1 is 1.25 bits per heavy atom. The average molecular weight is 286 g/mol. The molecule has 0 saturated carbocycles. The predicted molar refractivity (Wildman–Crippen MR) is 73.2 cm³/mol. The zero-order valence-electron chi connectivity index (χ0n) is 11.7. The average Bonchev–Trinajstić information content (AvgIpc) is 2.59. The van der Waals surface area contributed by atoms with Crippen LogP contribution in [0.2, 0.25) is 0 Å². The highest BCUT2D eigenvalue weighted by molar-refractivity contribution is 5.33. The number of benzene rings is 1. The Hall–Kier alpha value is -1.07. The first kappa shape index (κ1) is 15.3. The molecule has 2 atom stereocenters. The van der Waals surface area contributed by atoms with Gasteiger partial charge < -0.3 is 5.73 Å². The number of hydrogen-bond acceptors (Lipinski definition) is 2. The van der Waals surface area contributed by atoms with Crippen LogP contribution in [-0.2, 0) is 6.18 Å². The molecule has 1 aromatic carbocycles. The maximum absolute atomic E-state index is 13.2. The third-order valence-electron chi connectivity index (χ3n) is 4.14. The van der Waals surface area contributed by atoms with E-state index in [1.54, 1.807) is 12.1 Å². The van der Waals surface area contributed by atoms with Gasteiger partial charge in [0.05, 0.1) is 5.56 Å². The van der Waals surface area contributed by atoms with E-state index in [2.05, 4.69) is 0 Å². The summed E-state index contributed by atoms with van der Waals surface area (Å²) >= 11 is 0. The lowest BCUT2D eigenvalue weighted by atomic mass is 9.87. The molecule has 0 aromatic heterocycles. The molecule has 2 rings (SSSR count). The maximum Gasteiger partial charge on any atom is 0.416 e. The topological polar surface area (TPSA) is 29.3 Å². The fourth-order valence-corrected chi connectivity index (χ4v) is 3.18. The highest BCUT2D eigenvalue weighted by Gasteiger charge is 2.38. The van der Waals surface area contributed by atoms with E-state index < -0.39 is 11.7 Å². The molecule has 1 aromatic rings. The first-order valence-corrected chi connectivity index (χ1v) is 7.01. The van der Waals surface area contributed by atoms with Gasteiger partial charge in [0.25, 0.3) is 0 Å². The number of nitrogens with zero attached hydrogens (tertiary/aromatic N) is 1. The van der Waals surface area contributed by atoms with E-state index in [1.165, 1.54) is 12.1 Å². The molecular weight excluding hydrogens is 265 g/mol. The summed E-state index contributed by atoms with van der Waals surface area (Å²) in [5.74, 6) is 0.0750. The molecule has 2 unspecified atom stereocenters. The van der Waals surface area contributed by atoms with Crippen molar-refractivity contribution < 1.29 is 13.2 Å². The molecule has 2 nitrogen and oxygen atoms in total. The lowest BCUT2D eigenvalue weighted by Gasteiger charge is -2.33. The van der Waals surface area contributed by atoms with Crippen LogP contribution >= 0.6 is 0 Å². The first-order valence-electron chi connectivity index (χ1n) is 7.01. The highest BCUT2D eigenvalue weighted by atomic mass is 19.4. The highest BCUT2D eigenvalue weighted by Crippen LogP contribution is 2.40. The van der Waals surface area contributed by atoms with Crippen molar-refractivity contribution in [2.24, 2.45) is 11.7 Å². The monoisotopic (exact) mass is 286 g/mol. The molecule has 1 aliphatic heterocycles. The molecule has 0 radical (unpaired) electrons. The zero-order chi connectivity index (χ0) is 14.8. The minimum atomic E-state index is -4.32. The van der Waals surface area contributed by atoms with Crippen LogP contribution in [0.1, 0.15) is 36.4 Å². The Morgan fingerprint density at radius 3 is 2.60 bits per heavy atom. The molecule has 0 amide bonds. The van der Waals surface area contributed by atoms with Crippen LogP contribution in [0.15, 0.2) is 24.3 Å². The van der Waals surface area contributed by atoms with Crippen molar-refractivity contribution in [2.45, 2.75) is 31.5 Å². The Kier molecular flexibility index (Phi) is 4.70. The van der Waals surface area contributed by atoms with Gasteiger partial charge in [-0.1, -0.05) is 24.6 Å². The number of hydrogen-bond donors (Lipinski definition) is 1. The SMILES string of the molecule is CN1CCCCC(CN)C1c1ccccc1C(F)(F)F. The van der Waals surface area contributed by atoms with E-state index in [4.69, 9.17) is 5.73 Å². The van der Waals surface area contributed by atoms with Gasteiger partial charge in [-0.05, 0) is 50.5 Å². The van der Waals surface area contributed by atoms with Crippen LogP contribution in [0.3, 0.4) is 0 Å². The summed E-state index contributed by atoms with van der Waals surface area (Å²) in [6, 6.07) is 5.64. The molecule has 0 spiro atoms. The minimum Gasteiger partial charge on any atom is -0.330 e. The van der Waals surface area contributed by atoms with Crippen molar-refractivity contribution >= 4 is 0 Å². The number of alkyl halides is 3. The lowest BCUT2D eigenvalue weighted by Crippen LogP contribution is -2.34. The van der Waals surface area contributed by atoms with Gasteiger partial charge in [-0.15, -0.1) is 0 Å². The molecule has 0 bridgehead atoms. The molecule has 1 aliphatic rings. The third-order valence-corrected chi connectivity index (χ3v) is 4.14. The van der Waals surface area contributed by atoms with Gasteiger partial charge in [-0.3, -0.25) is 4.90 Å². The van der Waals surface area contributed by atoms with Crippen LogP contribution in [0.25, 0.3) is 0 Å². The van der Waals surface area contributed by atoms with E-state index in [-0.39, 0.29) is 12.0 Å². The molecule has 112 valence electrons. The van der Waals surface area contributed by atoms with Crippen LogP contribution < -0.4 is 5.73 Å². The van der Waals surface area contributed by atoms with E-state index in [0.29, 0.717) is 12.1 Å². The smallest absolute Gasteiger partial charge is 0.330 e. The number of nitrogens with two attached hydrogens (primary N) is 1. The van der Waals surface area contributed by atoms with Crippen molar-refractivity contribution in [3.63, 3.8) is 0 Å². The van der Waals surface area contributed by atoms with Gasteiger partial charge in [0.1, 0.15) is 0 Å². The molecule has 1 fully saturated rings. The fourth-order valence-electron chi connectivity index (χ4n) is 3.18. The van der Waals surface area contributed by atoms with Crippen molar-refractivity contribution in [1.82, 2.24) is 4.90 Å². The Morgan fingerprint density at radius 2 is 1.95 bits per heavy atom. The second-order valence-electron chi connectivity index (χ2n) is 5.50. The molecule has 1 heterocycles. The van der Waals surface area contributed by atoms with Crippen LogP contribution in [0.5, 0.6) is 0 Å². The van der Waals surface area contributed by atoms with Crippen LogP contribution in [0, 0.1) is 5.92 Å². The summed E-state index contributed by atoms with van der Waals surface area (Å²) in [5.41, 5.74) is 5.64. The van der Waals surface area contributed by atoms with Gasteiger partial charge in [-0.2, -0.15) is 13.2 Å². The summed E-state index contributed by atoms with van der Waals surface area (Å²) < 4.78 is 39.6. The largest absolute Gasteiger partial charge is 0.416 e. The van der Waals surface area contributed by atoms with Gasteiger partial charge in [0.15, 0.2) is 0 Å². The summed E-state index contributed by atoms with van der Waals surface area (Å²) in [5, 5.41) is 0. The second kappa shape index (κ2) is 6.14. The van der Waals surface area contributed by atoms with Gasteiger partial charge in [-0.25, -0.2) is 0 Å². The Labute approximate surface area is 117 Å². The fraction of sp³-hybridized carbons (Fsp3) is 0.600.